The second kappa shape index (κ2) is 3.38. The molecule has 1 rings (SSSR count). The van der Waals surface area contributed by atoms with Crippen LogP contribution >= 0.6 is 22.6 Å². The largest absolute Gasteiger partial charge is 0.504 e. The molecule has 1 aromatic rings. The van der Waals surface area contributed by atoms with Crippen molar-refractivity contribution >= 4 is 28.4 Å². The first-order valence-electron chi connectivity index (χ1n) is 2.95. The number of nitrogens with zero attached hydrogens (tertiary/aromatic N) is 1. The van der Waals surface area contributed by atoms with Crippen molar-refractivity contribution in [3.05, 3.63) is 15.3 Å². The molecule has 0 aromatic carbocycles. The van der Waals surface area contributed by atoms with E-state index in [1.165, 1.54) is 0 Å². The van der Waals surface area contributed by atoms with Crippen molar-refractivity contribution in [2.24, 2.45) is 0 Å². The van der Waals surface area contributed by atoms with E-state index in [0.29, 0.717) is 0 Å². The van der Waals surface area contributed by atoms with Gasteiger partial charge in [-0.3, -0.25) is 0 Å². The van der Waals surface area contributed by atoms with Crippen LogP contribution < -0.4 is 5.73 Å². The van der Waals surface area contributed by atoms with Crippen molar-refractivity contribution in [3.8, 4) is 5.75 Å². The van der Waals surface area contributed by atoms with Crippen LogP contribution in [-0.2, 0) is 0 Å². The number of halogens is 3. The van der Waals surface area contributed by atoms with Gasteiger partial charge in [-0.25, -0.2) is 13.8 Å². The van der Waals surface area contributed by atoms with Gasteiger partial charge in [-0.2, -0.15) is 0 Å². The Morgan fingerprint density at radius 2 is 2.17 bits per heavy atom. The average Bonchev–Trinajstić information content (AvgIpc) is 1.99. The van der Waals surface area contributed by atoms with Gasteiger partial charge in [0.1, 0.15) is 5.69 Å². The predicted octanol–water partition coefficient (Wildman–Crippen LogP) is 1.91. The minimum atomic E-state index is -2.67. The Morgan fingerprint density at radius 3 is 2.58 bits per heavy atom. The van der Waals surface area contributed by atoms with Crippen LogP contribution in [0.1, 0.15) is 12.1 Å². The molecule has 0 aliphatic rings. The number of hydrogen-bond acceptors (Lipinski definition) is 3. The fourth-order valence-electron chi connectivity index (χ4n) is 0.657. The fraction of sp³-hybridized carbons (Fsp3) is 0.167. The van der Waals surface area contributed by atoms with Gasteiger partial charge in [0, 0.05) is 0 Å². The summed E-state index contributed by atoms with van der Waals surface area (Å²) in [4.78, 5) is 3.31. The number of hydrogen-bond donors (Lipinski definition) is 2. The van der Waals surface area contributed by atoms with Gasteiger partial charge in [0.05, 0.1) is 3.57 Å². The minimum absolute atomic E-state index is 0.250. The number of alkyl halides is 2. The summed E-state index contributed by atoms with van der Waals surface area (Å²) in [5.41, 5.74) is 4.74. The van der Waals surface area contributed by atoms with Crippen LogP contribution in [-0.4, -0.2) is 10.1 Å². The van der Waals surface area contributed by atoms with E-state index in [1.54, 1.807) is 22.6 Å². The summed E-state index contributed by atoms with van der Waals surface area (Å²) in [5, 5.41) is 9.07. The maximum absolute atomic E-state index is 12.1. The second-order valence-corrected chi connectivity index (χ2v) is 3.23. The lowest BCUT2D eigenvalue weighted by atomic mass is 10.3. The number of aromatic hydroxyl groups is 1. The first kappa shape index (κ1) is 9.43. The van der Waals surface area contributed by atoms with Gasteiger partial charge in [-0.05, 0) is 28.7 Å². The molecule has 6 heteroatoms. The Hall–Kier alpha value is -0.660. The Bertz CT molecular complexity index is 283. The molecule has 0 saturated carbocycles. The molecular weight excluding hydrogens is 281 g/mol. The molecule has 0 saturated heterocycles. The lowest BCUT2D eigenvalue weighted by Gasteiger charge is -2.03. The summed E-state index contributed by atoms with van der Waals surface area (Å²) in [5.74, 6) is -0.516. The quantitative estimate of drug-likeness (QED) is 0.775. The summed E-state index contributed by atoms with van der Waals surface area (Å²) in [6.45, 7) is 0. The Morgan fingerprint density at radius 1 is 1.58 bits per heavy atom. The SMILES string of the molecule is Nc1nc(C(F)F)cc(I)c1O. The van der Waals surface area contributed by atoms with Gasteiger partial charge >= 0.3 is 0 Å². The molecule has 0 aliphatic carbocycles. The number of pyridine rings is 1. The van der Waals surface area contributed by atoms with Gasteiger partial charge in [0.15, 0.2) is 11.6 Å². The van der Waals surface area contributed by atoms with Gasteiger partial charge in [-0.15, -0.1) is 0 Å². The van der Waals surface area contributed by atoms with Crippen LogP contribution in [0.2, 0.25) is 0 Å². The molecule has 12 heavy (non-hydrogen) atoms. The van der Waals surface area contributed by atoms with Gasteiger partial charge in [0.2, 0.25) is 0 Å². The van der Waals surface area contributed by atoms with E-state index in [1.807, 2.05) is 0 Å². The highest BCUT2D eigenvalue weighted by atomic mass is 127. The fourth-order valence-corrected chi connectivity index (χ4v) is 1.25. The molecule has 0 amide bonds. The van der Waals surface area contributed by atoms with E-state index in [-0.39, 0.29) is 15.1 Å². The van der Waals surface area contributed by atoms with Crippen LogP contribution in [0, 0.1) is 3.57 Å². The first-order chi connectivity index (χ1) is 5.52. The molecule has 0 fully saturated rings. The highest BCUT2D eigenvalue weighted by Gasteiger charge is 2.13. The zero-order valence-electron chi connectivity index (χ0n) is 5.76. The van der Waals surface area contributed by atoms with Gasteiger partial charge in [-0.1, -0.05) is 0 Å². The van der Waals surface area contributed by atoms with Crippen molar-refractivity contribution in [2.45, 2.75) is 6.43 Å². The van der Waals surface area contributed by atoms with E-state index in [2.05, 4.69) is 4.98 Å². The third kappa shape index (κ3) is 1.74. The van der Waals surface area contributed by atoms with Gasteiger partial charge < -0.3 is 10.8 Å². The smallest absolute Gasteiger partial charge is 0.280 e. The molecule has 66 valence electrons. The number of nitrogen functional groups attached to an aromatic ring is 1. The topological polar surface area (TPSA) is 59.1 Å². The molecule has 0 unspecified atom stereocenters. The molecule has 1 heterocycles. The van der Waals surface area contributed by atoms with E-state index < -0.39 is 12.1 Å². The van der Waals surface area contributed by atoms with E-state index in [9.17, 15) is 8.78 Å². The number of nitrogens with two attached hydrogens (primary N) is 1. The Kier molecular flexibility index (Phi) is 2.65. The molecule has 0 bridgehead atoms. The summed E-state index contributed by atoms with van der Waals surface area (Å²) in [6.07, 6.45) is -2.67. The summed E-state index contributed by atoms with van der Waals surface area (Å²) in [7, 11) is 0. The van der Waals surface area contributed by atoms with Crippen LogP contribution in [0.4, 0.5) is 14.6 Å². The molecule has 0 radical (unpaired) electrons. The van der Waals surface area contributed by atoms with Crippen LogP contribution in [0.15, 0.2) is 6.07 Å². The summed E-state index contributed by atoms with van der Waals surface area (Å²) in [6, 6.07) is 1.09. The maximum Gasteiger partial charge on any atom is 0.280 e. The predicted molar refractivity (Wildman–Crippen MR) is 48.0 cm³/mol. The monoisotopic (exact) mass is 286 g/mol. The number of anilines is 1. The second-order valence-electron chi connectivity index (χ2n) is 2.06. The van der Waals surface area contributed by atoms with Crippen LogP contribution in [0.3, 0.4) is 0 Å². The van der Waals surface area contributed by atoms with Crippen molar-refractivity contribution in [1.82, 2.24) is 4.98 Å². The highest BCUT2D eigenvalue weighted by Crippen LogP contribution is 2.28. The summed E-state index contributed by atoms with van der Waals surface area (Å²) >= 11 is 1.71. The third-order valence-corrected chi connectivity index (χ3v) is 2.04. The zero-order chi connectivity index (χ0) is 9.30. The molecule has 1 aromatic heterocycles. The van der Waals surface area contributed by atoms with Crippen molar-refractivity contribution in [1.29, 1.82) is 0 Å². The number of rotatable bonds is 1. The summed E-state index contributed by atoms with van der Waals surface area (Å²) < 4.78 is 24.4. The third-order valence-electron chi connectivity index (χ3n) is 1.22. The molecule has 3 nitrogen and oxygen atoms in total. The van der Waals surface area contributed by atoms with Crippen molar-refractivity contribution in [2.75, 3.05) is 5.73 Å². The minimum Gasteiger partial charge on any atom is -0.504 e. The lowest BCUT2D eigenvalue weighted by Crippen LogP contribution is -1.98. The van der Waals surface area contributed by atoms with E-state index >= 15 is 0 Å². The molecule has 0 aliphatic heterocycles. The normalized spacial score (nSPS) is 10.7. The molecule has 3 N–H and O–H groups in total. The molecule has 0 atom stereocenters. The van der Waals surface area contributed by atoms with Crippen LogP contribution in [0.5, 0.6) is 5.75 Å². The standard InChI is InChI=1S/C6H5F2IN2O/c7-5(8)3-1-2(9)4(12)6(10)11-3/h1,5,12H,(H2,10,11). The van der Waals surface area contributed by atoms with E-state index in [0.717, 1.165) is 6.07 Å². The molecular formula is C6H5F2IN2O. The average molecular weight is 286 g/mol. The zero-order valence-corrected chi connectivity index (χ0v) is 7.92. The number of aromatic nitrogens is 1. The van der Waals surface area contributed by atoms with Crippen molar-refractivity contribution in [3.63, 3.8) is 0 Å². The molecule has 0 spiro atoms. The van der Waals surface area contributed by atoms with Gasteiger partial charge in [0.25, 0.3) is 6.43 Å². The van der Waals surface area contributed by atoms with Crippen LogP contribution in [0.25, 0.3) is 0 Å². The highest BCUT2D eigenvalue weighted by molar-refractivity contribution is 14.1. The first-order valence-corrected chi connectivity index (χ1v) is 4.03. The van der Waals surface area contributed by atoms with Crippen molar-refractivity contribution < 1.29 is 13.9 Å². The lowest BCUT2D eigenvalue weighted by molar-refractivity contribution is 0.146. The Labute approximate surface area is 80.7 Å². The Balaban J connectivity index is 3.21. The van der Waals surface area contributed by atoms with E-state index in [4.69, 9.17) is 10.8 Å². The maximum atomic E-state index is 12.1.